The van der Waals surface area contributed by atoms with E-state index in [4.69, 9.17) is 4.74 Å². The molecule has 5 nitrogen and oxygen atoms in total. The Morgan fingerprint density at radius 3 is 3.00 bits per heavy atom. The lowest BCUT2D eigenvalue weighted by molar-refractivity contribution is -0.146. The van der Waals surface area contributed by atoms with E-state index in [0.717, 1.165) is 4.34 Å². The van der Waals surface area contributed by atoms with E-state index in [0.29, 0.717) is 12.3 Å². The molecule has 1 unspecified atom stereocenters. The molecular formula is C9H15N3O2S2. The van der Waals surface area contributed by atoms with Gasteiger partial charge in [-0.25, -0.2) is 0 Å². The first-order valence-electron chi connectivity index (χ1n) is 4.85. The molecule has 0 aliphatic carbocycles. The van der Waals surface area contributed by atoms with Gasteiger partial charge in [0.1, 0.15) is 11.0 Å². The van der Waals surface area contributed by atoms with Crippen LogP contribution in [0.25, 0.3) is 0 Å². The van der Waals surface area contributed by atoms with E-state index in [9.17, 15) is 4.79 Å². The second-order valence-electron chi connectivity index (χ2n) is 3.35. The minimum absolute atomic E-state index is 0.258. The van der Waals surface area contributed by atoms with Crippen molar-refractivity contribution >= 4 is 29.1 Å². The number of carbonyl (C=O) groups excluding carboxylic acids is 1. The number of rotatable bonds is 6. The number of carbonyl (C=O) groups is 1. The molecule has 1 aromatic heterocycles. The van der Waals surface area contributed by atoms with Crippen molar-refractivity contribution < 1.29 is 9.53 Å². The van der Waals surface area contributed by atoms with E-state index >= 15 is 0 Å². The summed E-state index contributed by atoms with van der Waals surface area (Å²) in [6.07, 6.45) is 0. The average Bonchev–Trinajstić information content (AvgIpc) is 2.78. The minimum atomic E-state index is -0.681. The number of ether oxygens (including phenoxy) is 1. The maximum atomic E-state index is 11.7. The van der Waals surface area contributed by atoms with Crippen LogP contribution >= 0.6 is 23.1 Å². The van der Waals surface area contributed by atoms with Crippen molar-refractivity contribution in [3.63, 3.8) is 0 Å². The molecule has 7 heteroatoms. The van der Waals surface area contributed by atoms with Gasteiger partial charge in [0, 0.05) is 5.75 Å². The molecule has 1 rings (SSSR count). The van der Waals surface area contributed by atoms with Crippen LogP contribution in [0.1, 0.15) is 13.8 Å². The largest absolute Gasteiger partial charge is 0.468 e. The van der Waals surface area contributed by atoms with Crippen molar-refractivity contribution in [1.29, 1.82) is 0 Å². The van der Waals surface area contributed by atoms with Crippen molar-refractivity contribution in [3.05, 3.63) is 5.51 Å². The van der Waals surface area contributed by atoms with Gasteiger partial charge in [-0.15, -0.1) is 10.2 Å². The summed E-state index contributed by atoms with van der Waals surface area (Å²) in [5.41, 5.74) is 0.991. The van der Waals surface area contributed by atoms with Crippen molar-refractivity contribution in [2.45, 2.75) is 23.7 Å². The van der Waals surface area contributed by atoms with Crippen molar-refractivity contribution in [2.24, 2.45) is 0 Å². The normalized spacial score (nSPS) is 14.4. The zero-order chi connectivity index (χ0) is 12.0. The Labute approximate surface area is 103 Å². The predicted molar refractivity (Wildman–Crippen MR) is 64.7 cm³/mol. The zero-order valence-electron chi connectivity index (χ0n) is 9.52. The molecule has 0 saturated heterocycles. The van der Waals surface area contributed by atoms with Crippen LogP contribution in [0.3, 0.4) is 0 Å². The van der Waals surface area contributed by atoms with Crippen LogP contribution in [0.2, 0.25) is 0 Å². The van der Waals surface area contributed by atoms with Gasteiger partial charge in [-0.05, 0) is 13.5 Å². The summed E-state index contributed by atoms with van der Waals surface area (Å²) < 4.78 is 5.65. The zero-order valence-corrected chi connectivity index (χ0v) is 11.2. The van der Waals surface area contributed by atoms with E-state index in [2.05, 4.69) is 15.5 Å². The van der Waals surface area contributed by atoms with Gasteiger partial charge < -0.3 is 10.1 Å². The highest BCUT2D eigenvalue weighted by atomic mass is 32.2. The van der Waals surface area contributed by atoms with Gasteiger partial charge in [-0.1, -0.05) is 30.0 Å². The first-order chi connectivity index (χ1) is 7.62. The van der Waals surface area contributed by atoms with Crippen LogP contribution in [0.5, 0.6) is 0 Å². The quantitative estimate of drug-likeness (QED) is 0.612. The van der Waals surface area contributed by atoms with E-state index in [1.165, 1.54) is 30.2 Å². The molecule has 1 heterocycles. The van der Waals surface area contributed by atoms with Gasteiger partial charge >= 0.3 is 5.97 Å². The second-order valence-corrected chi connectivity index (χ2v) is 5.40. The molecule has 0 aromatic carbocycles. The molecule has 0 aliphatic rings. The fourth-order valence-corrected chi connectivity index (χ4v) is 2.82. The van der Waals surface area contributed by atoms with E-state index in [1.807, 2.05) is 13.8 Å². The number of likely N-dealkylation sites (N-methyl/N-ethyl adjacent to an activating group) is 1. The first-order valence-corrected chi connectivity index (χ1v) is 6.71. The Kier molecular flexibility index (Phi) is 5.17. The number of thioether (sulfide) groups is 1. The standard InChI is InChI=1S/C9H15N3O2S2/c1-4-10-9(2,7(13)14-3)5-15-8-12-11-6-16-8/h6,10H,4-5H2,1-3H3. The fourth-order valence-electron chi connectivity index (χ4n) is 1.23. The number of methoxy groups -OCH3 is 1. The number of esters is 1. The Morgan fingerprint density at radius 1 is 1.75 bits per heavy atom. The average molecular weight is 261 g/mol. The van der Waals surface area contributed by atoms with Gasteiger partial charge in [0.05, 0.1) is 7.11 Å². The van der Waals surface area contributed by atoms with Crippen molar-refractivity contribution in [2.75, 3.05) is 19.4 Å². The molecule has 1 aromatic rings. The summed E-state index contributed by atoms with van der Waals surface area (Å²) in [7, 11) is 1.40. The Hall–Kier alpha value is -0.660. The van der Waals surface area contributed by atoms with Gasteiger partial charge in [-0.2, -0.15) is 0 Å². The summed E-state index contributed by atoms with van der Waals surface area (Å²) in [6.45, 7) is 4.50. The number of nitrogens with one attached hydrogen (secondary N) is 1. The van der Waals surface area contributed by atoms with E-state index in [1.54, 1.807) is 5.51 Å². The summed E-state index contributed by atoms with van der Waals surface area (Å²) in [5.74, 6) is 0.314. The highest BCUT2D eigenvalue weighted by Crippen LogP contribution is 2.24. The lowest BCUT2D eigenvalue weighted by Gasteiger charge is -2.26. The van der Waals surface area contributed by atoms with Crippen LogP contribution < -0.4 is 5.32 Å². The molecule has 1 N–H and O–H groups in total. The molecule has 0 bridgehead atoms. The minimum Gasteiger partial charge on any atom is -0.468 e. The number of aromatic nitrogens is 2. The first kappa shape index (κ1) is 13.4. The third kappa shape index (κ3) is 3.43. The molecule has 0 aliphatic heterocycles. The van der Waals surface area contributed by atoms with Crippen molar-refractivity contribution in [3.8, 4) is 0 Å². The Morgan fingerprint density at radius 2 is 2.50 bits per heavy atom. The van der Waals surface area contributed by atoms with Crippen LogP contribution in [0, 0.1) is 0 Å². The molecule has 1 atom stereocenters. The van der Waals surface area contributed by atoms with E-state index < -0.39 is 5.54 Å². The third-order valence-corrected chi connectivity index (χ3v) is 4.20. The molecule has 0 amide bonds. The number of hydrogen-bond donors (Lipinski definition) is 1. The van der Waals surface area contributed by atoms with Gasteiger partial charge in [0.25, 0.3) is 0 Å². The monoisotopic (exact) mass is 261 g/mol. The summed E-state index contributed by atoms with van der Waals surface area (Å²) in [4.78, 5) is 11.7. The summed E-state index contributed by atoms with van der Waals surface area (Å²) >= 11 is 2.96. The fraction of sp³-hybridized carbons (Fsp3) is 0.667. The molecule has 0 saturated carbocycles. The molecule has 0 fully saturated rings. The Balaban J connectivity index is 2.60. The molecule has 16 heavy (non-hydrogen) atoms. The molecular weight excluding hydrogens is 246 g/mol. The van der Waals surface area contributed by atoms with Gasteiger partial charge in [-0.3, -0.25) is 4.79 Å². The highest BCUT2D eigenvalue weighted by molar-refractivity contribution is 8.01. The van der Waals surface area contributed by atoms with E-state index in [-0.39, 0.29) is 5.97 Å². The summed E-state index contributed by atoms with van der Waals surface area (Å²) in [5, 5.41) is 10.8. The molecule has 0 radical (unpaired) electrons. The van der Waals surface area contributed by atoms with Gasteiger partial charge in [0.2, 0.25) is 0 Å². The van der Waals surface area contributed by atoms with Crippen LogP contribution in [0.15, 0.2) is 9.85 Å². The lowest BCUT2D eigenvalue weighted by Crippen LogP contribution is -2.52. The SMILES string of the molecule is CCNC(C)(CSc1nncs1)C(=O)OC. The molecule has 0 spiro atoms. The third-order valence-electron chi connectivity index (χ3n) is 2.03. The second kappa shape index (κ2) is 6.17. The van der Waals surface area contributed by atoms with Crippen LogP contribution in [0.4, 0.5) is 0 Å². The smallest absolute Gasteiger partial charge is 0.326 e. The maximum Gasteiger partial charge on any atom is 0.326 e. The number of nitrogens with zero attached hydrogens (tertiary/aromatic N) is 2. The topological polar surface area (TPSA) is 64.1 Å². The number of hydrogen-bond acceptors (Lipinski definition) is 7. The summed E-state index contributed by atoms with van der Waals surface area (Å²) in [6, 6.07) is 0. The van der Waals surface area contributed by atoms with Crippen LogP contribution in [-0.2, 0) is 9.53 Å². The lowest BCUT2D eigenvalue weighted by atomic mass is 10.1. The van der Waals surface area contributed by atoms with Crippen LogP contribution in [-0.4, -0.2) is 41.1 Å². The predicted octanol–water partition coefficient (Wildman–Crippen LogP) is 1.17. The van der Waals surface area contributed by atoms with Gasteiger partial charge in [0.15, 0.2) is 4.34 Å². The van der Waals surface area contributed by atoms with Crippen molar-refractivity contribution in [1.82, 2.24) is 15.5 Å². The highest BCUT2D eigenvalue weighted by Gasteiger charge is 2.33. The maximum absolute atomic E-state index is 11.7. The molecule has 90 valence electrons. The Bertz CT molecular complexity index is 332.